The van der Waals surface area contributed by atoms with Crippen molar-refractivity contribution in [2.45, 2.75) is 39.9 Å². The summed E-state index contributed by atoms with van der Waals surface area (Å²) in [6.45, 7) is 7.10. The topological polar surface area (TPSA) is 88.4 Å². The summed E-state index contributed by atoms with van der Waals surface area (Å²) >= 11 is 0. The van der Waals surface area contributed by atoms with E-state index in [1.165, 1.54) is 6.07 Å². The van der Waals surface area contributed by atoms with E-state index in [9.17, 15) is 9.59 Å². The Balaban J connectivity index is 1.61. The summed E-state index contributed by atoms with van der Waals surface area (Å²) in [5.74, 6) is 0.689. The molecule has 1 saturated heterocycles. The first-order valence-electron chi connectivity index (χ1n) is 7.98. The van der Waals surface area contributed by atoms with Crippen molar-refractivity contribution >= 4 is 5.91 Å². The van der Waals surface area contributed by atoms with Crippen molar-refractivity contribution in [1.82, 2.24) is 15.0 Å². The first-order chi connectivity index (χ1) is 11.5. The van der Waals surface area contributed by atoms with Crippen LogP contribution in [0, 0.1) is 20.8 Å². The molecule has 0 aromatic carbocycles. The average Bonchev–Trinajstić information content (AvgIpc) is 3.12. The van der Waals surface area contributed by atoms with E-state index in [1.54, 1.807) is 17.9 Å². The standard InChI is InChI=1S/C17H21N3O4/c1-10-14(4-5-16(21)18-10)17(22)20-7-6-13(8-20)23-9-15-11(2)19-24-12(15)3/h4-5,13H,6-9H2,1-3H3,(H,18,21). The molecule has 1 aliphatic rings. The van der Waals surface area contributed by atoms with Crippen LogP contribution in [0.25, 0.3) is 0 Å². The number of carbonyl (C=O) groups is 1. The predicted octanol–water partition coefficient (Wildman–Crippen LogP) is 1.72. The number of nitrogens with one attached hydrogen (secondary N) is 1. The maximum Gasteiger partial charge on any atom is 0.255 e. The molecule has 3 rings (SSSR count). The van der Waals surface area contributed by atoms with Gasteiger partial charge in [0.2, 0.25) is 5.56 Å². The van der Waals surface area contributed by atoms with Crippen LogP contribution in [0.15, 0.2) is 21.5 Å². The van der Waals surface area contributed by atoms with Gasteiger partial charge in [-0.3, -0.25) is 9.59 Å². The molecule has 0 spiro atoms. The minimum absolute atomic E-state index is 0.00859. The molecule has 1 fully saturated rings. The molecule has 24 heavy (non-hydrogen) atoms. The summed E-state index contributed by atoms with van der Waals surface area (Å²) in [5, 5.41) is 3.91. The van der Waals surface area contributed by atoms with Crippen molar-refractivity contribution in [3.63, 3.8) is 0 Å². The Labute approximate surface area is 139 Å². The fraction of sp³-hybridized carbons (Fsp3) is 0.471. The second-order valence-corrected chi connectivity index (χ2v) is 6.14. The number of aryl methyl sites for hydroxylation is 3. The van der Waals surface area contributed by atoms with Crippen LogP contribution in [0.1, 0.15) is 39.5 Å². The highest BCUT2D eigenvalue weighted by Gasteiger charge is 2.28. The number of amides is 1. The largest absolute Gasteiger partial charge is 0.371 e. The normalized spacial score (nSPS) is 17.5. The van der Waals surface area contributed by atoms with Crippen molar-refractivity contribution < 1.29 is 14.1 Å². The molecule has 1 unspecified atom stereocenters. The Morgan fingerprint density at radius 3 is 2.88 bits per heavy atom. The fourth-order valence-electron chi connectivity index (χ4n) is 2.94. The molecule has 0 aliphatic carbocycles. The molecule has 1 amide bonds. The van der Waals surface area contributed by atoms with E-state index in [0.29, 0.717) is 31.0 Å². The van der Waals surface area contributed by atoms with Gasteiger partial charge < -0.3 is 19.1 Å². The molecule has 1 atom stereocenters. The maximum absolute atomic E-state index is 12.6. The number of aromatic nitrogens is 2. The Morgan fingerprint density at radius 1 is 1.42 bits per heavy atom. The van der Waals surface area contributed by atoms with Gasteiger partial charge in [0.15, 0.2) is 0 Å². The first kappa shape index (κ1) is 16.4. The predicted molar refractivity (Wildman–Crippen MR) is 86.9 cm³/mol. The lowest BCUT2D eigenvalue weighted by molar-refractivity contribution is 0.0430. The summed E-state index contributed by atoms with van der Waals surface area (Å²) < 4.78 is 11.0. The molecule has 7 nitrogen and oxygen atoms in total. The Bertz CT molecular complexity index is 789. The van der Waals surface area contributed by atoms with Crippen LogP contribution >= 0.6 is 0 Å². The zero-order valence-corrected chi connectivity index (χ0v) is 14.1. The van der Waals surface area contributed by atoms with Crippen molar-refractivity contribution in [3.05, 3.63) is 50.8 Å². The molecular weight excluding hydrogens is 310 g/mol. The minimum atomic E-state index is -0.203. The van der Waals surface area contributed by atoms with Crippen LogP contribution in [0.4, 0.5) is 0 Å². The van der Waals surface area contributed by atoms with Gasteiger partial charge in [0, 0.05) is 30.4 Å². The number of carbonyl (C=O) groups excluding carboxylic acids is 1. The fourth-order valence-corrected chi connectivity index (χ4v) is 2.94. The van der Waals surface area contributed by atoms with Crippen LogP contribution in [-0.2, 0) is 11.3 Å². The third-order valence-electron chi connectivity index (χ3n) is 4.42. The molecule has 128 valence electrons. The number of ether oxygens (including phenoxy) is 1. The molecule has 1 N–H and O–H groups in total. The van der Waals surface area contributed by atoms with Gasteiger partial charge in [-0.2, -0.15) is 0 Å². The second kappa shape index (κ2) is 6.60. The highest BCUT2D eigenvalue weighted by molar-refractivity contribution is 5.95. The van der Waals surface area contributed by atoms with Gasteiger partial charge in [0.25, 0.3) is 5.91 Å². The van der Waals surface area contributed by atoms with E-state index in [4.69, 9.17) is 9.26 Å². The third-order valence-corrected chi connectivity index (χ3v) is 4.42. The Kier molecular flexibility index (Phi) is 4.53. The number of hydrogen-bond donors (Lipinski definition) is 1. The van der Waals surface area contributed by atoms with E-state index in [1.807, 2.05) is 13.8 Å². The monoisotopic (exact) mass is 331 g/mol. The number of H-pyrrole nitrogens is 1. The van der Waals surface area contributed by atoms with Gasteiger partial charge in [-0.1, -0.05) is 5.16 Å². The molecule has 2 aromatic rings. The molecule has 2 aromatic heterocycles. The van der Waals surface area contributed by atoms with E-state index in [2.05, 4.69) is 10.1 Å². The summed E-state index contributed by atoms with van der Waals surface area (Å²) in [4.78, 5) is 28.3. The smallest absolute Gasteiger partial charge is 0.255 e. The molecule has 7 heteroatoms. The van der Waals surface area contributed by atoms with Crippen molar-refractivity contribution in [1.29, 1.82) is 0 Å². The third kappa shape index (κ3) is 3.26. The maximum atomic E-state index is 12.6. The molecule has 1 aliphatic heterocycles. The van der Waals surface area contributed by atoms with Gasteiger partial charge >= 0.3 is 0 Å². The van der Waals surface area contributed by atoms with Crippen molar-refractivity contribution in [2.75, 3.05) is 13.1 Å². The first-order valence-corrected chi connectivity index (χ1v) is 7.98. The summed E-state index contributed by atoms with van der Waals surface area (Å²) in [6.07, 6.45) is 0.781. The van der Waals surface area contributed by atoms with Gasteiger partial charge in [0.05, 0.1) is 24.0 Å². The zero-order valence-electron chi connectivity index (χ0n) is 14.1. The SMILES string of the molecule is Cc1noc(C)c1COC1CCN(C(=O)c2ccc(=O)[nH]c2C)C1. The molecular formula is C17H21N3O4. The van der Waals surface area contributed by atoms with Crippen LogP contribution in [-0.4, -0.2) is 40.1 Å². The van der Waals surface area contributed by atoms with E-state index in [-0.39, 0.29) is 17.6 Å². The van der Waals surface area contributed by atoms with E-state index < -0.39 is 0 Å². The molecule has 0 saturated carbocycles. The van der Waals surface area contributed by atoms with Crippen molar-refractivity contribution in [3.8, 4) is 0 Å². The minimum Gasteiger partial charge on any atom is -0.371 e. The number of rotatable bonds is 4. The molecule has 0 radical (unpaired) electrons. The average molecular weight is 331 g/mol. The second-order valence-electron chi connectivity index (χ2n) is 6.14. The Hall–Kier alpha value is -2.41. The zero-order chi connectivity index (χ0) is 17.3. The van der Waals surface area contributed by atoms with Gasteiger partial charge in [-0.05, 0) is 33.3 Å². The number of likely N-dealkylation sites (tertiary alicyclic amines) is 1. The number of aromatic amines is 1. The van der Waals surface area contributed by atoms with Crippen molar-refractivity contribution in [2.24, 2.45) is 0 Å². The summed E-state index contributed by atoms with van der Waals surface area (Å²) in [7, 11) is 0. The van der Waals surface area contributed by atoms with Gasteiger partial charge in [-0.25, -0.2) is 0 Å². The van der Waals surface area contributed by atoms with Gasteiger partial charge in [-0.15, -0.1) is 0 Å². The Morgan fingerprint density at radius 2 is 2.21 bits per heavy atom. The quantitative estimate of drug-likeness (QED) is 0.921. The number of pyridine rings is 1. The highest BCUT2D eigenvalue weighted by atomic mass is 16.5. The summed E-state index contributed by atoms with van der Waals surface area (Å²) in [5.41, 5.74) is 2.72. The van der Waals surface area contributed by atoms with Crippen LogP contribution in [0.2, 0.25) is 0 Å². The number of hydrogen-bond acceptors (Lipinski definition) is 5. The lowest BCUT2D eigenvalue weighted by Crippen LogP contribution is -2.31. The van der Waals surface area contributed by atoms with E-state index in [0.717, 1.165) is 23.4 Å². The van der Waals surface area contributed by atoms with Crippen LogP contribution < -0.4 is 5.56 Å². The summed E-state index contributed by atoms with van der Waals surface area (Å²) in [6, 6.07) is 2.95. The lowest BCUT2D eigenvalue weighted by atomic mass is 10.2. The van der Waals surface area contributed by atoms with Crippen LogP contribution in [0.3, 0.4) is 0 Å². The van der Waals surface area contributed by atoms with Crippen LogP contribution in [0.5, 0.6) is 0 Å². The highest BCUT2D eigenvalue weighted by Crippen LogP contribution is 2.20. The number of nitrogens with zero attached hydrogens (tertiary/aromatic N) is 2. The van der Waals surface area contributed by atoms with E-state index >= 15 is 0 Å². The van der Waals surface area contributed by atoms with Gasteiger partial charge in [0.1, 0.15) is 5.76 Å². The lowest BCUT2D eigenvalue weighted by Gasteiger charge is -2.17. The molecule has 0 bridgehead atoms. The molecule has 3 heterocycles.